The molecule has 1 aliphatic rings. The highest BCUT2D eigenvalue weighted by Gasteiger charge is 2.31. The normalized spacial score (nSPS) is 15.3. The molecule has 3 aromatic rings. The van der Waals surface area contributed by atoms with E-state index < -0.39 is 12.1 Å². The van der Waals surface area contributed by atoms with Gasteiger partial charge >= 0.3 is 5.97 Å². The molecule has 4 rings (SSSR count). The van der Waals surface area contributed by atoms with E-state index in [9.17, 15) is 9.59 Å². The second kappa shape index (κ2) is 8.02. The van der Waals surface area contributed by atoms with Crippen LogP contribution in [0.5, 0.6) is 5.75 Å². The van der Waals surface area contributed by atoms with Gasteiger partial charge in [-0.3, -0.25) is 9.78 Å². The topological polar surface area (TPSA) is 80.8 Å². The average molecular weight is 405 g/mol. The minimum absolute atomic E-state index is 0.203. The van der Waals surface area contributed by atoms with E-state index in [-0.39, 0.29) is 5.91 Å². The molecule has 1 atom stereocenters. The number of methoxy groups -OCH3 is 1. The number of fused-ring (bicyclic) bond motifs is 2. The molecule has 0 fully saturated rings. The van der Waals surface area contributed by atoms with Gasteiger partial charge in [0.05, 0.1) is 42.7 Å². The minimum Gasteiger partial charge on any atom is -0.477 e. The summed E-state index contributed by atoms with van der Waals surface area (Å²) in [6.07, 6.45) is -0.659. The molecule has 0 aliphatic carbocycles. The molecule has 1 aliphatic heterocycles. The number of para-hydroxylation sites is 3. The number of aryl methyl sites for hydroxylation is 1. The van der Waals surface area contributed by atoms with Crippen molar-refractivity contribution in [3.05, 3.63) is 65.4 Å². The standard InChI is InChI=1S/C23H23N3O4/c1-14-15-8-4-5-9-16(15)25-17(21(14)23(28)29-3)12-26-13-20(22(27)24-2)30-19-11-7-6-10-18(19)26/h4-11,20H,12-13H2,1-3H3,(H,24,27)/t20-/m1/s1. The molecule has 7 heteroatoms. The average Bonchev–Trinajstić information content (AvgIpc) is 2.78. The van der Waals surface area contributed by atoms with Gasteiger partial charge in [-0.1, -0.05) is 30.3 Å². The van der Waals surface area contributed by atoms with E-state index in [1.54, 1.807) is 7.05 Å². The summed E-state index contributed by atoms with van der Waals surface area (Å²) in [7, 11) is 2.95. The highest BCUT2D eigenvalue weighted by molar-refractivity contribution is 5.98. The summed E-state index contributed by atoms with van der Waals surface area (Å²) >= 11 is 0. The van der Waals surface area contributed by atoms with Crippen molar-refractivity contribution in [2.75, 3.05) is 25.6 Å². The summed E-state index contributed by atoms with van der Waals surface area (Å²) in [5.74, 6) is -0.00928. The lowest BCUT2D eigenvalue weighted by atomic mass is 10.0. The first-order valence-corrected chi connectivity index (χ1v) is 9.72. The van der Waals surface area contributed by atoms with Crippen molar-refractivity contribution < 1.29 is 19.1 Å². The zero-order valence-corrected chi connectivity index (χ0v) is 17.1. The van der Waals surface area contributed by atoms with Crippen LogP contribution in [0.3, 0.4) is 0 Å². The maximum atomic E-state index is 12.6. The van der Waals surface area contributed by atoms with E-state index in [0.717, 1.165) is 22.2 Å². The van der Waals surface area contributed by atoms with Gasteiger partial charge in [0.1, 0.15) is 5.75 Å². The summed E-state index contributed by atoms with van der Waals surface area (Å²) in [6, 6.07) is 15.2. The van der Waals surface area contributed by atoms with Crippen LogP contribution in [0.4, 0.5) is 5.69 Å². The lowest BCUT2D eigenvalue weighted by Gasteiger charge is -2.35. The van der Waals surface area contributed by atoms with Crippen molar-refractivity contribution in [3.63, 3.8) is 0 Å². The van der Waals surface area contributed by atoms with E-state index in [1.165, 1.54) is 7.11 Å². The van der Waals surface area contributed by atoms with Crippen molar-refractivity contribution in [1.29, 1.82) is 0 Å². The predicted molar refractivity (Wildman–Crippen MR) is 114 cm³/mol. The Morgan fingerprint density at radius 3 is 2.70 bits per heavy atom. The predicted octanol–water partition coefficient (Wildman–Crippen LogP) is 2.84. The maximum absolute atomic E-state index is 12.6. The first-order chi connectivity index (χ1) is 14.5. The van der Waals surface area contributed by atoms with E-state index in [1.807, 2.05) is 60.4 Å². The van der Waals surface area contributed by atoms with Gasteiger partial charge in [0.25, 0.3) is 5.91 Å². The Bertz CT molecular complexity index is 1130. The summed E-state index contributed by atoms with van der Waals surface area (Å²) in [5.41, 5.74) is 3.54. The monoisotopic (exact) mass is 405 g/mol. The molecule has 1 aromatic heterocycles. The molecule has 2 aromatic carbocycles. The van der Waals surface area contributed by atoms with Gasteiger partial charge in [-0.2, -0.15) is 0 Å². The first-order valence-electron chi connectivity index (χ1n) is 9.72. The van der Waals surface area contributed by atoms with Crippen LogP contribution in [-0.4, -0.2) is 43.7 Å². The molecule has 0 spiro atoms. The Labute approximate surface area is 174 Å². The van der Waals surface area contributed by atoms with Crippen molar-refractivity contribution in [1.82, 2.24) is 10.3 Å². The Morgan fingerprint density at radius 1 is 1.20 bits per heavy atom. The number of carbonyl (C=O) groups excluding carboxylic acids is 2. The lowest BCUT2D eigenvalue weighted by molar-refractivity contribution is -0.127. The van der Waals surface area contributed by atoms with Crippen LogP contribution in [-0.2, 0) is 16.1 Å². The number of hydrogen-bond acceptors (Lipinski definition) is 6. The second-order valence-corrected chi connectivity index (χ2v) is 7.14. The Morgan fingerprint density at radius 2 is 1.93 bits per heavy atom. The molecule has 1 N–H and O–H groups in total. The minimum atomic E-state index is -0.659. The summed E-state index contributed by atoms with van der Waals surface area (Å²) in [6.45, 7) is 2.58. The number of pyridine rings is 1. The molecule has 1 amide bonds. The van der Waals surface area contributed by atoms with Crippen molar-refractivity contribution in [3.8, 4) is 5.75 Å². The lowest BCUT2D eigenvalue weighted by Crippen LogP contribution is -2.48. The number of hydrogen-bond donors (Lipinski definition) is 1. The van der Waals surface area contributed by atoms with E-state index in [4.69, 9.17) is 14.5 Å². The summed E-state index contributed by atoms with van der Waals surface area (Å²) < 4.78 is 10.9. The number of benzene rings is 2. The number of anilines is 1. The molecule has 154 valence electrons. The smallest absolute Gasteiger partial charge is 0.340 e. The third-order valence-electron chi connectivity index (χ3n) is 5.36. The van der Waals surface area contributed by atoms with Gasteiger partial charge in [0.2, 0.25) is 0 Å². The van der Waals surface area contributed by atoms with Crippen molar-refractivity contribution >= 4 is 28.5 Å². The van der Waals surface area contributed by atoms with Gasteiger partial charge in [-0.25, -0.2) is 4.79 Å². The van der Waals surface area contributed by atoms with Crippen LogP contribution in [0, 0.1) is 6.92 Å². The van der Waals surface area contributed by atoms with Crippen LogP contribution in [0.15, 0.2) is 48.5 Å². The van der Waals surface area contributed by atoms with E-state index in [2.05, 4.69) is 5.32 Å². The van der Waals surface area contributed by atoms with Gasteiger partial charge < -0.3 is 19.7 Å². The zero-order valence-electron chi connectivity index (χ0n) is 17.1. The molecule has 7 nitrogen and oxygen atoms in total. The highest BCUT2D eigenvalue weighted by atomic mass is 16.5. The summed E-state index contributed by atoms with van der Waals surface area (Å²) in [5, 5.41) is 3.55. The second-order valence-electron chi connectivity index (χ2n) is 7.14. The number of likely N-dealkylation sites (N-methyl/N-ethyl adjacent to an activating group) is 1. The molecular weight excluding hydrogens is 382 g/mol. The van der Waals surface area contributed by atoms with Crippen LogP contribution in [0.1, 0.15) is 21.6 Å². The van der Waals surface area contributed by atoms with E-state index >= 15 is 0 Å². The van der Waals surface area contributed by atoms with Crippen LogP contribution >= 0.6 is 0 Å². The van der Waals surface area contributed by atoms with Gasteiger partial charge in [-0.15, -0.1) is 0 Å². The first kappa shape index (κ1) is 19.7. The maximum Gasteiger partial charge on any atom is 0.340 e. The number of esters is 1. The van der Waals surface area contributed by atoms with Gasteiger partial charge in [0, 0.05) is 12.4 Å². The van der Waals surface area contributed by atoms with Crippen LogP contribution in [0.25, 0.3) is 10.9 Å². The Hall–Kier alpha value is -3.61. The number of nitrogens with one attached hydrogen (secondary N) is 1. The molecule has 0 saturated carbocycles. The molecule has 0 unspecified atom stereocenters. The largest absolute Gasteiger partial charge is 0.477 e. The van der Waals surface area contributed by atoms with Crippen molar-refractivity contribution in [2.24, 2.45) is 0 Å². The molecule has 0 saturated heterocycles. The third kappa shape index (κ3) is 3.43. The number of carbonyl (C=O) groups is 2. The number of rotatable bonds is 4. The molecular formula is C23H23N3O4. The van der Waals surface area contributed by atoms with Crippen LogP contribution < -0.4 is 15.0 Å². The van der Waals surface area contributed by atoms with Gasteiger partial charge in [0.15, 0.2) is 6.10 Å². The zero-order chi connectivity index (χ0) is 21.3. The molecule has 30 heavy (non-hydrogen) atoms. The number of amides is 1. The van der Waals surface area contributed by atoms with E-state index in [0.29, 0.717) is 30.1 Å². The highest BCUT2D eigenvalue weighted by Crippen LogP contribution is 2.35. The summed E-state index contributed by atoms with van der Waals surface area (Å²) in [4.78, 5) is 31.7. The van der Waals surface area contributed by atoms with Crippen LogP contribution in [0.2, 0.25) is 0 Å². The number of aromatic nitrogens is 1. The van der Waals surface area contributed by atoms with Gasteiger partial charge in [-0.05, 0) is 30.7 Å². The fourth-order valence-corrected chi connectivity index (χ4v) is 3.86. The number of ether oxygens (including phenoxy) is 2. The fourth-order valence-electron chi connectivity index (χ4n) is 3.86. The van der Waals surface area contributed by atoms with Crippen molar-refractivity contribution in [2.45, 2.75) is 19.6 Å². The SMILES string of the molecule is CNC(=O)[C@H]1CN(Cc2nc3ccccc3c(C)c2C(=O)OC)c2ccccc2O1. The Balaban J connectivity index is 1.81. The number of nitrogens with zero attached hydrogens (tertiary/aromatic N) is 2. The molecule has 0 radical (unpaired) electrons. The quantitative estimate of drug-likeness (QED) is 0.673. The Kier molecular flexibility index (Phi) is 5.27. The third-order valence-corrected chi connectivity index (χ3v) is 5.36. The molecule has 0 bridgehead atoms. The fraction of sp³-hybridized carbons (Fsp3) is 0.261. The molecule has 2 heterocycles.